The van der Waals surface area contributed by atoms with E-state index in [1.807, 2.05) is 0 Å². The molecule has 0 unspecified atom stereocenters. The summed E-state index contributed by atoms with van der Waals surface area (Å²) < 4.78 is 77.9. The van der Waals surface area contributed by atoms with Crippen molar-refractivity contribution in [2.24, 2.45) is 0 Å². The van der Waals surface area contributed by atoms with Gasteiger partial charge in [0.25, 0.3) is 0 Å². The Morgan fingerprint density at radius 2 is 1.35 bits per heavy atom. The van der Waals surface area contributed by atoms with Crippen LogP contribution < -0.4 is 5.32 Å². The molecule has 0 spiro atoms. The van der Waals surface area contributed by atoms with Crippen molar-refractivity contribution < 1.29 is 26.3 Å². The van der Waals surface area contributed by atoms with Crippen molar-refractivity contribution in [1.29, 1.82) is 0 Å². The van der Waals surface area contributed by atoms with Crippen LogP contribution in [-0.2, 0) is 6.54 Å². The number of anilines is 1. The highest BCUT2D eigenvalue weighted by Gasteiger charge is 2.14. The normalized spacial score (nSPS) is 10.7. The molecule has 0 atom stereocenters. The van der Waals surface area contributed by atoms with Crippen LogP contribution in [0, 0.1) is 34.9 Å². The van der Waals surface area contributed by atoms with E-state index in [4.69, 9.17) is 0 Å². The van der Waals surface area contributed by atoms with Gasteiger partial charge in [-0.15, -0.1) is 0 Å². The predicted octanol–water partition coefficient (Wildman–Crippen LogP) is 4.13. The van der Waals surface area contributed by atoms with Gasteiger partial charge in [0, 0.05) is 18.2 Å². The molecule has 0 saturated carbocycles. The Hall–Kier alpha value is -2.18. The maximum absolute atomic E-state index is 13.3. The van der Waals surface area contributed by atoms with Crippen LogP contribution in [0.2, 0.25) is 0 Å². The first-order valence-electron chi connectivity index (χ1n) is 5.41. The molecule has 20 heavy (non-hydrogen) atoms. The fourth-order valence-corrected chi connectivity index (χ4v) is 1.55. The quantitative estimate of drug-likeness (QED) is 0.509. The number of hydrogen-bond donors (Lipinski definition) is 1. The molecular formula is C13H7F6N. The van der Waals surface area contributed by atoms with Gasteiger partial charge in [0.15, 0.2) is 29.1 Å². The van der Waals surface area contributed by atoms with Gasteiger partial charge in [-0.2, -0.15) is 0 Å². The average molecular weight is 291 g/mol. The minimum Gasteiger partial charge on any atom is -0.378 e. The first-order valence-corrected chi connectivity index (χ1v) is 5.41. The molecule has 1 nitrogen and oxygen atoms in total. The Morgan fingerprint density at radius 3 is 2.05 bits per heavy atom. The topological polar surface area (TPSA) is 12.0 Å². The van der Waals surface area contributed by atoms with Crippen LogP contribution in [0.4, 0.5) is 32.0 Å². The fourth-order valence-electron chi connectivity index (χ4n) is 1.55. The van der Waals surface area contributed by atoms with Crippen molar-refractivity contribution in [2.45, 2.75) is 6.54 Å². The second-order valence-corrected chi connectivity index (χ2v) is 3.93. The van der Waals surface area contributed by atoms with E-state index in [1.54, 1.807) is 0 Å². The Labute approximate surface area is 109 Å². The Morgan fingerprint density at radius 1 is 0.700 bits per heavy atom. The average Bonchev–Trinajstić information content (AvgIpc) is 2.40. The van der Waals surface area contributed by atoms with Gasteiger partial charge in [-0.3, -0.25) is 0 Å². The summed E-state index contributed by atoms with van der Waals surface area (Å²) >= 11 is 0. The molecule has 2 aromatic rings. The lowest BCUT2D eigenvalue weighted by Gasteiger charge is -2.09. The van der Waals surface area contributed by atoms with E-state index in [9.17, 15) is 26.3 Å². The van der Waals surface area contributed by atoms with Crippen LogP contribution in [0.15, 0.2) is 24.3 Å². The van der Waals surface area contributed by atoms with Crippen molar-refractivity contribution in [1.82, 2.24) is 0 Å². The summed E-state index contributed by atoms with van der Waals surface area (Å²) in [6, 6.07) is 2.53. The molecule has 7 heteroatoms. The summed E-state index contributed by atoms with van der Waals surface area (Å²) in [7, 11) is 0. The molecule has 0 saturated heterocycles. The standard InChI is InChI=1S/C13H7F6N/c14-7-1-2-11(13(19)12(7)18)20-5-6-3-9(16)10(17)4-8(6)15/h1-4,20H,5H2. The summed E-state index contributed by atoms with van der Waals surface area (Å²) in [6.45, 7) is -0.426. The largest absolute Gasteiger partial charge is 0.378 e. The van der Waals surface area contributed by atoms with Gasteiger partial charge in [-0.1, -0.05) is 0 Å². The van der Waals surface area contributed by atoms with Crippen molar-refractivity contribution >= 4 is 5.69 Å². The lowest BCUT2D eigenvalue weighted by Crippen LogP contribution is -2.06. The van der Waals surface area contributed by atoms with Gasteiger partial charge in [-0.05, 0) is 18.2 Å². The molecule has 0 bridgehead atoms. The van der Waals surface area contributed by atoms with E-state index in [2.05, 4.69) is 5.32 Å². The highest BCUT2D eigenvalue weighted by atomic mass is 19.2. The van der Waals surface area contributed by atoms with Crippen molar-refractivity contribution in [2.75, 3.05) is 5.32 Å². The van der Waals surface area contributed by atoms with E-state index >= 15 is 0 Å². The molecule has 0 heterocycles. The van der Waals surface area contributed by atoms with E-state index in [0.29, 0.717) is 18.2 Å². The molecular weight excluding hydrogens is 284 g/mol. The molecule has 0 aliphatic carbocycles. The minimum absolute atomic E-state index is 0.284. The van der Waals surface area contributed by atoms with E-state index in [1.165, 1.54) is 0 Å². The third-order valence-electron chi connectivity index (χ3n) is 2.59. The smallest absolute Gasteiger partial charge is 0.196 e. The van der Waals surface area contributed by atoms with Crippen molar-refractivity contribution in [3.63, 3.8) is 0 Å². The van der Waals surface area contributed by atoms with Crippen LogP contribution in [0.25, 0.3) is 0 Å². The molecule has 2 rings (SSSR count). The zero-order valence-corrected chi connectivity index (χ0v) is 9.78. The molecule has 1 N–H and O–H groups in total. The first-order chi connectivity index (χ1) is 9.40. The first kappa shape index (κ1) is 14.2. The van der Waals surface area contributed by atoms with E-state index < -0.39 is 47.1 Å². The molecule has 0 aliphatic heterocycles. The Bertz CT molecular complexity index is 654. The monoisotopic (exact) mass is 291 g/mol. The second kappa shape index (κ2) is 5.44. The van der Waals surface area contributed by atoms with Crippen LogP contribution in [-0.4, -0.2) is 0 Å². The minimum atomic E-state index is -1.68. The molecule has 0 aliphatic rings. The number of nitrogens with one attached hydrogen (secondary N) is 1. The van der Waals surface area contributed by atoms with E-state index in [-0.39, 0.29) is 5.56 Å². The van der Waals surface area contributed by atoms with Crippen LogP contribution >= 0.6 is 0 Å². The third kappa shape index (κ3) is 2.71. The van der Waals surface area contributed by atoms with Crippen molar-refractivity contribution in [3.05, 3.63) is 64.7 Å². The predicted molar refractivity (Wildman–Crippen MR) is 60.0 cm³/mol. The summed E-state index contributed by atoms with van der Waals surface area (Å²) in [6.07, 6.45) is 0. The lowest BCUT2D eigenvalue weighted by atomic mass is 10.2. The van der Waals surface area contributed by atoms with Gasteiger partial charge in [0.05, 0.1) is 5.69 Å². The molecule has 106 valence electrons. The zero-order valence-electron chi connectivity index (χ0n) is 9.78. The molecule has 0 fully saturated rings. The number of rotatable bonds is 3. The second-order valence-electron chi connectivity index (χ2n) is 3.93. The van der Waals surface area contributed by atoms with Gasteiger partial charge in [0.1, 0.15) is 5.82 Å². The highest BCUT2D eigenvalue weighted by Crippen LogP contribution is 2.21. The highest BCUT2D eigenvalue weighted by molar-refractivity contribution is 5.46. The molecule has 0 amide bonds. The number of halogens is 6. The fraction of sp³-hybridized carbons (Fsp3) is 0.0769. The maximum Gasteiger partial charge on any atom is 0.196 e. The Balaban J connectivity index is 2.21. The summed E-state index contributed by atoms with van der Waals surface area (Å²) in [5.74, 6) is -8.19. The molecule has 2 aromatic carbocycles. The van der Waals surface area contributed by atoms with Gasteiger partial charge in [0.2, 0.25) is 0 Å². The van der Waals surface area contributed by atoms with Gasteiger partial charge >= 0.3 is 0 Å². The van der Waals surface area contributed by atoms with Crippen LogP contribution in [0.5, 0.6) is 0 Å². The SMILES string of the molecule is Fc1cc(F)c(CNc2ccc(F)c(F)c2F)cc1F. The third-order valence-corrected chi connectivity index (χ3v) is 2.59. The summed E-state index contributed by atoms with van der Waals surface area (Å²) in [5, 5.41) is 2.27. The summed E-state index contributed by atoms with van der Waals surface area (Å²) in [5.41, 5.74) is -0.707. The summed E-state index contributed by atoms with van der Waals surface area (Å²) in [4.78, 5) is 0. The zero-order chi connectivity index (χ0) is 14.9. The van der Waals surface area contributed by atoms with Crippen LogP contribution in [0.1, 0.15) is 5.56 Å². The number of benzene rings is 2. The van der Waals surface area contributed by atoms with Crippen LogP contribution in [0.3, 0.4) is 0 Å². The van der Waals surface area contributed by atoms with Crippen molar-refractivity contribution in [3.8, 4) is 0 Å². The molecule has 0 aromatic heterocycles. The maximum atomic E-state index is 13.3. The van der Waals surface area contributed by atoms with Gasteiger partial charge in [-0.25, -0.2) is 26.3 Å². The lowest BCUT2D eigenvalue weighted by molar-refractivity contribution is 0.448. The Kier molecular flexibility index (Phi) is 3.87. The van der Waals surface area contributed by atoms with E-state index in [0.717, 1.165) is 6.07 Å². The molecule has 0 radical (unpaired) electrons. The van der Waals surface area contributed by atoms with Gasteiger partial charge < -0.3 is 5.32 Å². The number of hydrogen-bond acceptors (Lipinski definition) is 1.